The molecular formula is C17H29NO4. The van der Waals surface area contributed by atoms with Crippen molar-refractivity contribution in [1.82, 2.24) is 5.32 Å². The van der Waals surface area contributed by atoms with Crippen LogP contribution < -0.4 is 5.32 Å². The van der Waals surface area contributed by atoms with E-state index in [4.69, 9.17) is 9.47 Å². The van der Waals surface area contributed by atoms with Crippen molar-refractivity contribution < 1.29 is 19.1 Å². The molecule has 4 unspecified atom stereocenters. The summed E-state index contributed by atoms with van der Waals surface area (Å²) in [6, 6.07) is -0.237. The molecule has 126 valence electrons. The van der Waals surface area contributed by atoms with E-state index < -0.39 is 11.7 Å². The highest BCUT2D eigenvalue weighted by Gasteiger charge is 2.38. The van der Waals surface area contributed by atoms with Crippen molar-refractivity contribution in [1.29, 1.82) is 0 Å². The summed E-state index contributed by atoms with van der Waals surface area (Å²) in [5.41, 5.74) is -0.555. The number of rotatable bonds is 6. The third-order valence-corrected chi connectivity index (χ3v) is 3.63. The number of carbonyl (C=O) groups excluding carboxylic acids is 2. The maximum absolute atomic E-state index is 12.0. The predicted molar refractivity (Wildman–Crippen MR) is 85.4 cm³/mol. The zero-order chi connectivity index (χ0) is 16.9. The highest BCUT2D eigenvalue weighted by Crippen LogP contribution is 2.26. The highest BCUT2D eigenvalue weighted by atomic mass is 16.6. The molecule has 1 heterocycles. The Morgan fingerprint density at radius 2 is 2.18 bits per heavy atom. The average Bonchev–Trinajstić information content (AvgIpc) is 2.66. The summed E-state index contributed by atoms with van der Waals surface area (Å²) in [6.07, 6.45) is 3.29. The summed E-state index contributed by atoms with van der Waals surface area (Å²) in [4.78, 5) is 23.7. The molecule has 0 aromatic rings. The van der Waals surface area contributed by atoms with Gasteiger partial charge in [0.1, 0.15) is 11.7 Å². The van der Waals surface area contributed by atoms with Gasteiger partial charge in [0.2, 0.25) is 0 Å². The minimum Gasteiger partial charge on any atom is -0.460 e. The minimum atomic E-state index is -0.555. The van der Waals surface area contributed by atoms with E-state index in [1.807, 2.05) is 33.8 Å². The topological polar surface area (TPSA) is 64.6 Å². The van der Waals surface area contributed by atoms with E-state index in [-0.39, 0.29) is 24.0 Å². The maximum Gasteiger partial charge on any atom is 0.408 e. The Morgan fingerprint density at radius 1 is 1.55 bits per heavy atom. The van der Waals surface area contributed by atoms with Crippen LogP contribution in [0.5, 0.6) is 0 Å². The van der Waals surface area contributed by atoms with Crippen LogP contribution in [0.25, 0.3) is 0 Å². The summed E-state index contributed by atoms with van der Waals surface area (Å²) >= 11 is 0. The van der Waals surface area contributed by atoms with E-state index in [0.717, 1.165) is 12.8 Å². The van der Waals surface area contributed by atoms with Crippen LogP contribution in [-0.2, 0) is 14.3 Å². The molecule has 1 amide bonds. The van der Waals surface area contributed by atoms with Crippen LogP contribution in [0.4, 0.5) is 4.79 Å². The molecule has 4 atom stereocenters. The maximum atomic E-state index is 12.0. The van der Waals surface area contributed by atoms with E-state index in [9.17, 15) is 9.59 Å². The number of alkyl carbamates (subject to hydrolysis) is 1. The standard InChI is InChI=1S/C17H29NO4/c1-7-8-11(2)9-13(14-10-12(3)15(19)21-14)18-16(20)22-17(4,5)6/h7,11-14H,1,8-10H2,2-6H3,(H,18,20). The number of nitrogens with one attached hydrogen (secondary N) is 1. The zero-order valence-electron chi connectivity index (χ0n) is 14.3. The first kappa shape index (κ1) is 18.5. The number of esters is 1. The first-order chi connectivity index (χ1) is 10.1. The van der Waals surface area contributed by atoms with Crippen molar-refractivity contribution in [3.63, 3.8) is 0 Å². The van der Waals surface area contributed by atoms with Gasteiger partial charge in [0.25, 0.3) is 0 Å². The Bertz CT molecular complexity index is 413. The quantitative estimate of drug-likeness (QED) is 0.603. The van der Waals surface area contributed by atoms with Crippen LogP contribution in [0.3, 0.4) is 0 Å². The molecule has 1 saturated heterocycles. The van der Waals surface area contributed by atoms with Gasteiger partial charge in [0, 0.05) is 0 Å². The van der Waals surface area contributed by atoms with E-state index in [1.165, 1.54) is 0 Å². The molecule has 5 heteroatoms. The summed E-state index contributed by atoms with van der Waals surface area (Å²) in [5, 5.41) is 2.87. The molecule has 0 aromatic heterocycles. The molecular weight excluding hydrogens is 282 g/mol. The Hall–Kier alpha value is -1.52. The first-order valence-corrected chi connectivity index (χ1v) is 7.93. The van der Waals surface area contributed by atoms with Gasteiger partial charge in [-0.3, -0.25) is 4.79 Å². The second-order valence-electron chi connectivity index (χ2n) is 7.23. The van der Waals surface area contributed by atoms with Crippen molar-refractivity contribution in [2.45, 2.75) is 71.6 Å². The Balaban J connectivity index is 2.71. The van der Waals surface area contributed by atoms with Gasteiger partial charge in [0.15, 0.2) is 0 Å². The Kier molecular flexibility index (Phi) is 6.45. The summed E-state index contributed by atoms with van der Waals surface area (Å²) in [5.74, 6) is 0.0204. The molecule has 1 fully saturated rings. The van der Waals surface area contributed by atoms with E-state index in [2.05, 4.69) is 18.8 Å². The lowest BCUT2D eigenvalue weighted by Crippen LogP contribution is -2.46. The van der Waals surface area contributed by atoms with Crippen molar-refractivity contribution in [3.8, 4) is 0 Å². The number of cyclic esters (lactones) is 1. The molecule has 0 aliphatic carbocycles. The lowest BCUT2D eigenvalue weighted by molar-refractivity contribution is -0.145. The van der Waals surface area contributed by atoms with Gasteiger partial charge < -0.3 is 14.8 Å². The van der Waals surface area contributed by atoms with Crippen molar-refractivity contribution in [2.24, 2.45) is 11.8 Å². The number of hydrogen-bond acceptors (Lipinski definition) is 4. The molecule has 5 nitrogen and oxygen atoms in total. The molecule has 1 aliphatic rings. The van der Waals surface area contributed by atoms with Gasteiger partial charge in [-0.05, 0) is 46.0 Å². The fourth-order valence-corrected chi connectivity index (χ4v) is 2.58. The fourth-order valence-electron chi connectivity index (χ4n) is 2.58. The van der Waals surface area contributed by atoms with Gasteiger partial charge in [0.05, 0.1) is 12.0 Å². The Labute approximate surface area is 133 Å². The summed E-state index contributed by atoms with van der Waals surface area (Å²) in [7, 11) is 0. The van der Waals surface area contributed by atoms with E-state index in [0.29, 0.717) is 12.3 Å². The van der Waals surface area contributed by atoms with E-state index >= 15 is 0 Å². The zero-order valence-corrected chi connectivity index (χ0v) is 14.3. The van der Waals surface area contributed by atoms with Gasteiger partial charge in [-0.15, -0.1) is 6.58 Å². The molecule has 0 radical (unpaired) electrons. The highest BCUT2D eigenvalue weighted by molar-refractivity contribution is 5.74. The molecule has 0 aromatic carbocycles. The monoisotopic (exact) mass is 311 g/mol. The molecule has 0 bridgehead atoms. The SMILES string of the molecule is C=CCC(C)CC(NC(=O)OC(C)(C)C)C1CC(C)C(=O)O1. The van der Waals surface area contributed by atoms with E-state index in [1.54, 1.807) is 0 Å². The lowest BCUT2D eigenvalue weighted by Gasteiger charge is -2.28. The number of carbonyl (C=O) groups is 2. The van der Waals surface area contributed by atoms with Gasteiger partial charge in [-0.1, -0.05) is 19.9 Å². The number of amides is 1. The predicted octanol–water partition coefficient (Wildman–Crippen LogP) is 3.43. The fraction of sp³-hybridized carbons (Fsp3) is 0.765. The van der Waals surface area contributed by atoms with Gasteiger partial charge >= 0.3 is 12.1 Å². The third kappa shape index (κ3) is 6.08. The first-order valence-electron chi connectivity index (χ1n) is 7.93. The van der Waals surface area contributed by atoms with Gasteiger partial charge in [-0.2, -0.15) is 0 Å². The normalized spacial score (nSPS) is 24.3. The number of ether oxygens (including phenoxy) is 2. The van der Waals surface area contributed by atoms with Crippen LogP contribution in [0.1, 0.15) is 53.9 Å². The smallest absolute Gasteiger partial charge is 0.408 e. The van der Waals surface area contributed by atoms with Crippen molar-refractivity contribution in [3.05, 3.63) is 12.7 Å². The molecule has 1 rings (SSSR count). The molecule has 1 aliphatic heterocycles. The van der Waals surface area contributed by atoms with Crippen molar-refractivity contribution in [2.75, 3.05) is 0 Å². The van der Waals surface area contributed by atoms with Crippen LogP contribution in [0.15, 0.2) is 12.7 Å². The Morgan fingerprint density at radius 3 is 2.64 bits per heavy atom. The van der Waals surface area contributed by atoms with Crippen molar-refractivity contribution >= 4 is 12.1 Å². The van der Waals surface area contributed by atoms with Crippen LogP contribution in [-0.4, -0.2) is 29.8 Å². The third-order valence-electron chi connectivity index (χ3n) is 3.63. The van der Waals surface area contributed by atoms with Crippen LogP contribution in [0, 0.1) is 11.8 Å². The van der Waals surface area contributed by atoms with Gasteiger partial charge in [-0.25, -0.2) is 4.79 Å². The van der Waals surface area contributed by atoms with Crippen LogP contribution >= 0.6 is 0 Å². The lowest BCUT2D eigenvalue weighted by atomic mass is 9.92. The summed E-state index contributed by atoms with van der Waals surface area (Å²) in [6.45, 7) is 13.1. The second-order valence-corrected chi connectivity index (χ2v) is 7.23. The summed E-state index contributed by atoms with van der Waals surface area (Å²) < 4.78 is 10.7. The number of allylic oxidation sites excluding steroid dienone is 1. The molecule has 0 saturated carbocycles. The minimum absolute atomic E-state index is 0.123. The number of hydrogen-bond donors (Lipinski definition) is 1. The molecule has 22 heavy (non-hydrogen) atoms. The largest absolute Gasteiger partial charge is 0.460 e. The second kappa shape index (κ2) is 7.65. The molecule has 1 N–H and O–H groups in total. The van der Waals surface area contributed by atoms with Crippen LogP contribution in [0.2, 0.25) is 0 Å². The molecule has 0 spiro atoms. The average molecular weight is 311 g/mol.